The summed E-state index contributed by atoms with van der Waals surface area (Å²) in [6.45, 7) is 0.771. The third-order valence-corrected chi connectivity index (χ3v) is 3.49. The summed E-state index contributed by atoms with van der Waals surface area (Å²) in [7, 11) is 0. The molecule has 0 spiro atoms. The van der Waals surface area contributed by atoms with E-state index >= 15 is 0 Å². The van der Waals surface area contributed by atoms with Gasteiger partial charge < -0.3 is 15.2 Å². The molecule has 8 nitrogen and oxygen atoms in total. The number of rotatable bonds is 8. The van der Waals surface area contributed by atoms with Crippen molar-refractivity contribution in [1.29, 1.82) is 0 Å². The Labute approximate surface area is 147 Å². The lowest BCUT2D eigenvalue weighted by atomic mass is 10.2. The molecule has 1 aromatic heterocycles. The number of ether oxygens (including phenoxy) is 1. The van der Waals surface area contributed by atoms with Crippen molar-refractivity contribution in [3.63, 3.8) is 0 Å². The van der Waals surface area contributed by atoms with Gasteiger partial charge in [-0.05, 0) is 17.7 Å². The van der Waals surface area contributed by atoms with Crippen LogP contribution < -0.4 is 5.32 Å². The Morgan fingerprint density at radius 2 is 2.12 bits per heavy atom. The number of benzene rings is 1. The minimum atomic E-state index is -1.20. The number of amides is 1. The number of carbonyl (C=O) groups excluding carboxylic acids is 1. The highest BCUT2D eigenvalue weighted by atomic mass is 35.5. The lowest BCUT2D eigenvalue weighted by Crippen LogP contribution is -2.30. The average Bonchev–Trinajstić information content (AvgIpc) is 2.97. The van der Waals surface area contributed by atoms with Crippen molar-refractivity contribution in [3.05, 3.63) is 45.7 Å². The Hall–Kier alpha value is -2.16. The molecule has 2 aromatic rings. The minimum Gasteiger partial charge on any atom is -0.476 e. The molecule has 1 heterocycles. The van der Waals surface area contributed by atoms with Gasteiger partial charge in [-0.15, -0.1) is 5.10 Å². The summed E-state index contributed by atoms with van der Waals surface area (Å²) >= 11 is 11.8. The van der Waals surface area contributed by atoms with Crippen LogP contribution in [0.2, 0.25) is 10.0 Å². The number of nitrogens with one attached hydrogen (secondary N) is 1. The Balaban J connectivity index is 1.66. The highest BCUT2D eigenvalue weighted by molar-refractivity contribution is 6.35. The van der Waals surface area contributed by atoms with Gasteiger partial charge in [0.25, 0.3) is 0 Å². The van der Waals surface area contributed by atoms with Gasteiger partial charge in [-0.3, -0.25) is 4.79 Å². The fourth-order valence-electron chi connectivity index (χ4n) is 1.76. The monoisotopic (exact) mass is 372 g/mol. The number of halogens is 2. The first-order valence-corrected chi connectivity index (χ1v) is 7.63. The highest BCUT2D eigenvalue weighted by Crippen LogP contribution is 2.21. The van der Waals surface area contributed by atoms with Crippen LogP contribution in [0.25, 0.3) is 0 Å². The Morgan fingerprint density at radius 3 is 2.79 bits per heavy atom. The molecule has 0 saturated carbocycles. The lowest BCUT2D eigenvalue weighted by Gasteiger charge is -2.08. The zero-order chi connectivity index (χ0) is 17.5. The molecule has 2 rings (SSSR count). The molecule has 0 bridgehead atoms. The second-order valence-corrected chi connectivity index (χ2v) is 5.59. The minimum absolute atomic E-state index is 0.122. The standard InChI is InChI=1S/C14H14Cl2N4O4/c15-10-2-1-9(11(16)5-10)8-24-4-3-17-13(21)7-20-6-12(14(22)23)18-19-20/h1-2,5-6H,3-4,7-8H2,(H,17,21)(H,22,23). The Morgan fingerprint density at radius 1 is 1.33 bits per heavy atom. The molecule has 2 N–H and O–H groups in total. The van der Waals surface area contributed by atoms with Crippen LogP contribution in [-0.2, 0) is 22.7 Å². The van der Waals surface area contributed by atoms with Crippen LogP contribution in [0, 0.1) is 0 Å². The molecular weight excluding hydrogens is 359 g/mol. The maximum atomic E-state index is 11.7. The summed E-state index contributed by atoms with van der Waals surface area (Å²) in [5.41, 5.74) is 0.585. The number of aromatic nitrogens is 3. The van der Waals surface area contributed by atoms with Crippen molar-refractivity contribution >= 4 is 35.1 Å². The smallest absolute Gasteiger partial charge is 0.358 e. The summed E-state index contributed by atoms with van der Waals surface area (Å²) < 4.78 is 6.57. The van der Waals surface area contributed by atoms with Gasteiger partial charge in [-0.1, -0.05) is 34.5 Å². The number of hydrogen-bond acceptors (Lipinski definition) is 5. The van der Waals surface area contributed by atoms with Crippen LogP contribution in [0.15, 0.2) is 24.4 Å². The number of aromatic carboxylic acids is 1. The molecule has 1 aromatic carbocycles. The van der Waals surface area contributed by atoms with Crippen LogP contribution in [0.5, 0.6) is 0 Å². The van der Waals surface area contributed by atoms with Crippen molar-refractivity contribution in [1.82, 2.24) is 20.3 Å². The number of nitrogens with zero attached hydrogens (tertiary/aromatic N) is 3. The van der Waals surface area contributed by atoms with E-state index in [-0.39, 0.29) is 18.1 Å². The number of carboxylic acids is 1. The molecule has 0 radical (unpaired) electrons. The highest BCUT2D eigenvalue weighted by Gasteiger charge is 2.10. The van der Waals surface area contributed by atoms with E-state index in [0.717, 1.165) is 10.2 Å². The number of carbonyl (C=O) groups is 2. The molecule has 0 aliphatic rings. The first kappa shape index (κ1) is 18.2. The van der Waals surface area contributed by atoms with E-state index in [1.807, 2.05) is 0 Å². The quantitative estimate of drug-likeness (QED) is 0.681. The van der Waals surface area contributed by atoms with Crippen molar-refractivity contribution in [2.75, 3.05) is 13.2 Å². The van der Waals surface area contributed by atoms with Gasteiger partial charge in [0.1, 0.15) is 6.54 Å². The molecule has 0 unspecified atom stereocenters. The lowest BCUT2D eigenvalue weighted by molar-refractivity contribution is -0.122. The van der Waals surface area contributed by atoms with Crippen molar-refractivity contribution in [2.45, 2.75) is 13.2 Å². The number of carboxylic acid groups (broad SMARTS) is 1. The van der Waals surface area contributed by atoms with Crippen molar-refractivity contribution in [3.8, 4) is 0 Å². The zero-order valence-electron chi connectivity index (χ0n) is 12.4. The second kappa shape index (κ2) is 8.62. The first-order chi connectivity index (χ1) is 11.5. The van der Waals surface area contributed by atoms with Gasteiger partial charge in [0.05, 0.1) is 19.4 Å². The third-order valence-electron chi connectivity index (χ3n) is 2.90. The topological polar surface area (TPSA) is 106 Å². The molecule has 0 atom stereocenters. The van der Waals surface area contributed by atoms with Gasteiger partial charge in [0.2, 0.25) is 5.91 Å². The largest absolute Gasteiger partial charge is 0.476 e. The first-order valence-electron chi connectivity index (χ1n) is 6.87. The molecule has 10 heteroatoms. The summed E-state index contributed by atoms with van der Waals surface area (Å²) in [6.07, 6.45) is 1.18. The molecule has 1 amide bonds. The summed E-state index contributed by atoms with van der Waals surface area (Å²) in [5.74, 6) is -1.53. The van der Waals surface area contributed by atoms with Gasteiger partial charge in [0, 0.05) is 16.6 Å². The molecule has 0 fully saturated rings. The summed E-state index contributed by atoms with van der Waals surface area (Å²) in [4.78, 5) is 22.3. The van der Waals surface area contributed by atoms with Crippen LogP contribution in [-0.4, -0.2) is 45.1 Å². The molecule has 0 aliphatic heterocycles. The van der Waals surface area contributed by atoms with E-state index in [2.05, 4.69) is 15.6 Å². The van der Waals surface area contributed by atoms with E-state index in [1.165, 1.54) is 6.20 Å². The predicted octanol–water partition coefficient (Wildman–Crippen LogP) is 1.62. The van der Waals surface area contributed by atoms with Crippen molar-refractivity contribution in [2.24, 2.45) is 0 Å². The van der Waals surface area contributed by atoms with E-state index in [0.29, 0.717) is 29.8 Å². The molecule has 0 saturated heterocycles. The average molecular weight is 373 g/mol. The molecule has 128 valence electrons. The molecule has 24 heavy (non-hydrogen) atoms. The van der Waals surface area contributed by atoms with Crippen LogP contribution in [0.1, 0.15) is 16.1 Å². The Bertz CT molecular complexity index is 735. The maximum Gasteiger partial charge on any atom is 0.358 e. The SMILES string of the molecule is O=C(Cn1cc(C(=O)O)nn1)NCCOCc1ccc(Cl)cc1Cl. The van der Waals surface area contributed by atoms with Crippen LogP contribution in [0.4, 0.5) is 0 Å². The van der Waals surface area contributed by atoms with Crippen LogP contribution >= 0.6 is 23.2 Å². The zero-order valence-corrected chi connectivity index (χ0v) is 13.9. The number of hydrogen-bond donors (Lipinski definition) is 2. The van der Waals surface area contributed by atoms with Gasteiger partial charge in [-0.25, -0.2) is 9.48 Å². The van der Waals surface area contributed by atoms with E-state index in [4.69, 9.17) is 33.0 Å². The van der Waals surface area contributed by atoms with Gasteiger partial charge >= 0.3 is 5.97 Å². The van der Waals surface area contributed by atoms with Crippen LogP contribution in [0.3, 0.4) is 0 Å². The van der Waals surface area contributed by atoms with Gasteiger partial charge in [-0.2, -0.15) is 0 Å². The third kappa shape index (κ3) is 5.48. The Kier molecular flexibility index (Phi) is 6.53. The van der Waals surface area contributed by atoms with E-state index in [9.17, 15) is 9.59 Å². The molecule has 0 aliphatic carbocycles. The molecular formula is C14H14Cl2N4O4. The van der Waals surface area contributed by atoms with E-state index < -0.39 is 5.97 Å². The fraction of sp³-hybridized carbons (Fsp3) is 0.286. The maximum absolute atomic E-state index is 11.7. The summed E-state index contributed by atoms with van der Waals surface area (Å²) in [6, 6.07) is 5.12. The normalized spacial score (nSPS) is 10.6. The van der Waals surface area contributed by atoms with Gasteiger partial charge in [0.15, 0.2) is 5.69 Å². The second-order valence-electron chi connectivity index (χ2n) is 4.74. The van der Waals surface area contributed by atoms with Crippen molar-refractivity contribution < 1.29 is 19.4 Å². The summed E-state index contributed by atoms with van der Waals surface area (Å²) in [5, 5.41) is 19.4. The fourth-order valence-corrected chi connectivity index (χ4v) is 2.22. The van der Waals surface area contributed by atoms with E-state index in [1.54, 1.807) is 18.2 Å². The predicted molar refractivity (Wildman–Crippen MR) is 86.1 cm³/mol.